The third-order valence-corrected chi connectivity index (χ3v) is 4.69. The van der Waals surface area contributed by atoms with E-state index in [-0.39, 0.29) is 30.7 Å². The number of ketones is 1. The monoisotopic (exact) mass is 401 g/mol. The van der Waals surface area contributed by atoms with Crippen LogP contribution in [0.1, 0.15) is 40.7 Å². The second-order valence-corrected chi connectivity index (χ2v) is 6.77. The largest absolute Gasteiger partial charge is 0.497 e. The van der Waals surface area contributed by atoms with Gasteiger partial charge in [-0.1, -0.05) is 0 Å². The van der Waals surface area contributed by atoms with Gasteiger partial charge in [0.25, 0.3) is 0 Å². The van der Waals surface area contributed by atoms with E-state index in [9.17, 15) is 14.0 Å². The SMILES string of the molecule is COc1ccc(C(=O)CCCC(=O)NCCc2cc(F)cc3c2OCOC3)cc1. The fourth-order valence-electron chi connectivity index (χ4n) is 3.20. The maximum Gasteiger partial charge on any atom is 0.220 e. The molecule has 0 saturated carbocycles. The molecule has 2 aromatic carbocycles. The third kappa shape index (κ3) is 5.77. The number of hydrogen-bond donors (Lipinski definition) is 1. The number of methoxy groups -OCH3 is 1. The Bertz CT molecular complexity index is 866. The standard InChI is InChI=1S/C22H24FNO5/c1-27-19-7-5-15(6-8-19)20(25)3-2-4-21(26)24-10-9-16-11-18(23)12-17-13-28-14-29-22(16)17/h5-8,11-12H,2-4,9-10,13-14H2,1H3,(H,24,26). The average Bonchev–Trinajstić information content (AvgIpc) is 2.73. The first kappa shape index (κ1) is 20.8. The van der Waals surface area contributed by atoms with Crippen molar-refractivity contribution in [3.8, 4) is 11.5 Å². The lowest BCUT2D eigenvalue weighted by atomic mass is 10.0. The fraction of sp³-hybridized carbons (Fsp3) is 0.364. The highest BCUT2D eigenvalue weighted by Gasteiger charge is 2.17. The average molecular weight is 401 g/mol. The number of halogens is 1. The molecule has 0 atom stereocenters. The van der Waals surface area contributed by atoms with Crippen molar-refractivity contribution in [2.45, 2.75) is 32.3 Å². The van der Waals surface area contributed by atoms with Crippen molar-refractivity contribution < 1.29 is 28.2 Å². The third-order valence-electron chi connectivity index (χ3n) is 4.69. The van der Waals surface area contributed by atoms with Gasteiger partial charge in [-0.2, -0.15) is 0 Å². The van der Waals surface area contributed by atoms with Gasteiger partial charge >= 0.3 is 0 Å². The van der Waals surface area contributed by atoms with Gasteiger partial charge in [0.05, 0.1) is 13.7 Å². The van der Waals surface area contributed by atoms with Crippen molar-refractivity contribution in [3.63, 3.8) is 0 Å². The van der Waals surface area contributed by atoms with Crippen LogP contribution >= 0.6 is 0 Å². The summed E-state index contributed by atoms with van der Waals surface area (Å²) in [7, 11) is 1.57. The van der Waals surface area contributed by atoms with Gasteiger partial charge in [-0.25, -0.2) is 4.39 Å². The summed E-state index contributed by atoms with van der Waals surface area (Å²) in [4.78, 5) is 24.2. The number of nitrogens with one attached hydrogen (secondary N) is 1. The number of Topliss-reactive ketones (excluding diaryl/α,β-unsaturated/α-hetero) is 1. The number of fused-ring (bicyclic) bond motifs is 1. The Labute approximate surface area is 169 Å². The number of carbonyl (C=O) groups excluding carboxylic acids is 2. The molecule has 6 nitrogen and oxygen atoms in total. The van der Waals surface area contributed by atoms with Crippen molar-refractivity contribution >= 4 is 11.7 Å². The van der Waals surface area contributed by atoms with Crippen molar-refractivity contribution in [2.75, 3.05) is 20.4 Å². The van der Waals surface area contributed by atoms with E-state index in [1.165, 1.54) is 12.1 Å². The number of carbonyl (C=O) groups is 2. The zero-order valence-corrected chi connectivity index (χ0v) is 16.3. The highest BCUT2D eigenvalue weighted by molar-refractivity contribution is 5.96. The van der Waals surface area contributed by atoms with Crippen LogP contribution in [0, 0.1) is 5.82 Å². The molecule has 154 valence electrons. The minimum absolute atomic E-state index is 0.00814. The Balaban J connectivity index is 1.40. The molecule has 0 radical (unpaired) electrons. The molecule has 0 bridgehead atoms. The zero-order valence-electron chi connectivity index (χ0n) is 16.3. The summed E-state index contributed by atoms with van der Waals surface area (Å²) in [5.41, 5.74) is 1.99. The molecule has 0 fully saturated rings. The first-order valence-corrected chi connectivity index (χ1v) is 9.52. The van der Waals surface area contributed by atoms with Gasteiger partial charge in [0.15, 0.2) is 12.6 Å². The molecule has 1 amide bonds. The summed E-state index contributed by atoms with van der Waals surface area (Å²) >= 11 is 0. The zero-order chi connectivity index (χ0) is 20.6. The summed E-state index contributed by atoms with van der Waals surface area (Å²) in [6.45, 7) is 0.820. The van der Waals surface area contributed by atoms with Crippen molar-refractivity contribution in [2.24, 2.45) is 0 Å². The van der Waals surface area contributed by atoms with Crippen LogP contribution in [0.2, 0.25) is 0 Å². The van der Waals surface area contributed by atoms with Crippen molar-refractivity contribution in [1.29, 1.82) is 0 Å². The van der Waals surface area contributed by atoms with Crippen LogP contribution in [-0.4, -0.2) is 32.1 Å². The molecular formula is C22H24FNO5. The van der Waals surface area contributed by atoms with E-state index in [0.717, 1.165) is 0 Å². The lowest BCUT2D eigenvalue weighted by Crippen LogP contribution is -2.26. The Hall–Kier alpha value is -2.93. The second-order valence-electron chi connectivity index (χ2n) is 6.77. The summed E-state index contributed by atoms with van der Waals surface area (Å²) < 4.78 is 29.4. The van der Waals surface area contributed by atoms with E-state index >= 15 is 0 Å². The Kier molecular flexibility index (Phi) is 7.19. The number of benzene rings is 2. The molecule has 0 spiro atoms. The molecular weight excluding hydrogens is 377 g/mol. The topological polar surface area (TPSA) is 73.9 Å². The highest BCUT2D eigenvalue weighted by Crippen LogP contribution is 2.29. The number of amides is 1. The number of ether oxygens (including phenoxy) is 3. The molecule has 1 heterocycles. The fourth-order valence-corrected chi connectivity index (χ4v) is 3.20. The van der Waals surface area contributed by atoms with Crippen LogP contribution in [-0.2, 0) is 22.6 Å². The van der Waals surface area contributed by atoms with E-state index in [1.54, 1.807) is 31.4 Å². The lowest BCUT2D eigenvalue weighted by molar-refractivity contribution is -0.121. The molecule has 3 rings (SSSR count). The van der Waals surface area contributed by atoms with E-state index in [0.29, 0.717) is 60.6 Å². The van der Waals surface area contributed by atoms with Gasteiger partial charge in [-0.3, -0.25) is 9.59 Å². The van der Waals surface area contributed by atoms with Crippen LogP contribution in [0.25, 0.3) is 0 Å². The maximum atomic E-state index is 13.7. The number of hydrogen-bond acceptors (Lipinski definition) is 5. The molecule has 0 unspecified atom stereocenters. The molecule has 7 heteroatoms. The van der Waals surface area contributed by atoms with Crippen LogP contribution in [0.4, 0.5) is 4.39 Å². The van der Waals surface area contributed by atoms with Crippen LogP contribution < -0.4 is 14.8 Å². The van der Waals surface area contributed by atoms with Crippen molar-refractivity contribution in [1.82, 2.24) is 5.32 Å². The quantitative estimate of drug-likeness (QED) is 0.652. The van der Waals surface area contributed by atoms with E-state index < -0.39 is 0 Å². The van der Waals surface area contributed by atoms with E-state index in [4.69, 9.17) is 14.2 Å². The van der Waals surface area contributed by atoms with Crippen LogP contribution in [0.15, 0.2) is 36.4 Å². The summed E-state index contributed by atoms with van der Waals surface area (Å²) in [5, 5.41) is 2.81. The summed E-state index contributed by atoms with van der Waals surface area (Å²) in [6.07, 6.45) is 1.47. The molecule has 0 aromatic heterocycles. The first-order valence-electron chi connectivity index (χ1n) is 9.52. The molecule has 0 aliphatic carbocycles. The maximum absolute atomic E-state index is 13.7. The smallest absolute Gasteiger partial charge is 0.220 e. The Morgan fingerprint density at radius 3 is 2.72 bits per heavy atom. The van der Waals surface area contributed by atoms with Gasteiger partial charge in [0.1, 0.15) is 17.3 Å². The van der Waals surface area contributed by atoms with Gasteiger partial charge in [-0.05, 0) is 54.8 Å². The molecule has 1 aliphatic heterocycles. The molecule has 1 aliphatic rings. The minimum atomic E-state index is -0.351. The Morgan fingerprint density at radius 1 is 1.17 bits per heavy atom. The number of rotatable bonds is 9. The first-order chi connectivity index (χ1) is 14.1. The highest BCUT2D eigenvalue weighted by atomic mass is 19.1. The molecule has 29 heavy (non-hydrogen) atoms. The second kappa shape index (κ2) is 10.0. The molecule has 1 N–H and O–H groups in total. The molecule has 2 aromatic rings. The van der Waals surface area contributed by atoms with Crippen LogP contribution in [0.5, 0.6) is 11.5 Å². The van der Waals surface area contributed by atoms with Gasteiger partial charge in [0.2, 0.25) is 5.91 Å². The predicted octanol–water partition coefficient (Wildman–Crippen LogP) is 3.41. The van der Waals surface area contributed by atoms with Gasteiger partial charge < -0.3 is 19.5 Å². The van der Waals surface area contributed by atoms with Crippen molar-refractivity contribution in [3.05, 3.63) is 58.9 Å². The van der Waals surface area contributed by atoms with E-state index in [2.05, 4.69) is 5.32 Å². The van der Waals surface area contributed by atoms with Crippen LogP contribution in [0.3, 0.4) is 0 Å². The predicted molar refractivity (Wildman–Crippen MR) is 105 cm³/mol. The Morgan fingerprint density at radius 2 is 1.97 bits per heavy atom. The minimum Gasteiger partial charge on any atom is -0.497 e. The molecule has 0 saturated heterocycles. The van der Waals surface area contributed by atoms with Gasteiger partial charge in [-0.15, -0.1) is 0 Å². The van der Waals surface area contributed by atoms with E-state index in [1.807, 2.05) is 0 Å². The normalized spacial score (nSPS) is 12.6. The summed E-state index contributed by atoms with van der Waals surface area (Å²) in [5.74, 6) is 0.833. The summed E-state index contributed by atoms with van der Waals surface area (Å²) in [6, 6.07) is 9.73. The lowest BCUT2D eigenvalue weighted by Gasteiger charge is -2.21. The van der Waals surface area contributed by atoms with Gasteiger partial charge in [0, 0.05) is 30.5 Å².